The van der Waals surface area contributed by atoms with Gasteiger partial charge in [-0.3, -0.25) is 4.90 Å². The predicted octanol–water partition coefficient (Wildman–Crippen LogP) is 0.487. The number of nitrogens with zero attached hydrogens (tertiary/aromatic N) is 2. The van der Waals surface area contributed by atoms with Crippen LogP contribution >= 0.6 is 0 Å². The average Bonchev–Trinajstić information content (AvgIpc) is 2.55. The highest BCUT2D eigenvalue weighted by Gasteiger charge is 2.32. The van der Waals surface area contributed by atoms with Crippen LogP contribution in [-0.4, -0.2) is 24.0 Å². The van der Waals surface area contributed by atoms with Crippen molar-refractivity contribution < 1.29 is 4.42 Å². The Labute approximate surface area is 76.5 Å². The molecular formula is C9H11N3O. The van der Waals surface area contributed by atoms with Crippen molar-refractivity contribution >= 4 is 0 Å². The summed E-state index contributed by atoms with van der Waals surface area (Å²) >= 11 is 0. The van der Waals surface area contributed by atoms with E-state index in [1.807, 2.05) is 11.0 Å². The summed E-state index contributed by atoms with van der Waals surface area (Å²) in [5.74, 6) is 0.703. The van der Waals surface area contributed by atoms with Gasteiger partial charge >= 0.3 is 0 Å². The third-order valence-corrected chi connectivity index (χ3v) is 2.24. The number of nitrogens with two attached hydrogens (primary N) is 1. The molecule has 1 saturated heterocycles. The largest absolute Gasteiger partial charge is 0.467 e. The molecule has 1 fully saturated rings. The molecule has 4 heteroatoms. The lowest BCUT2D eigenvalue weighted by atomic mass is 10.1. The molecule has 1 aliphatic rings. The van der Waals surface area contributed by atoms with Gasteiger partial charge in [0.1, 0.15) is 5.76 Å². The summed E-state index contributed by atoms with van der Waals surface area (Å²) in [4.78, 5) is 2.00. The van der Waals surface area contributed by atoms with Crippen LogP contribution in [0, 0.1) is 11.3 Å². The lowest BCUT2D eigenvalue weighted by Gasteiger charge is -2.38. The first-order chi connectivity index (χ1) is 6.31. The first-order valence-electron chi connectivity index (χ1n) is 4.24. The van der Waals surface area contributed by atoms with Crippen LogP contribution in [0.1, 0.15) is 11.8 Å². The lowest BCUT2D eigenvalue weighted by molar-refractivity contribution is 0.109. The van der Waals surface area contributed by atoms with Crippen molar-refractivity contribution in [3.8, 4) is 6.07 Å². The maximum atomic E-state index is 8.93. The van der Waals surface area contributed by atoms with Crippen LogP contribution in [0.5, 0.6) is 0 Å². The van der Waals surface area contributed by atoms with Crippen LogP contribution in [-0.2, 0) is 0 Å². The molecule has 1 unspecified atom stereocenters. The second kappa shape index (κ2) is 3.21. The quantitative estimate of drug-likeness (QED) is 0.713. The van der Waals surface area contributed by atoms with E-state index < -0.39 is 0 Å². The number of likely N-dealkylation sites (tertiary alicyclic amines) is 1. The smallest absolute Gasteiger partial charge is 0.156 e. The average molecular weight is 177 g/mol. The predicted molar refractivity (Wildman–Crippen MR) is 46.6 cm³/mol. The van der Waals surface area contributed by atoms with Gasteiger partial charge in [-0.2, -0.15) is 5.26 Å². The highest BCUT2D eigenvalue weighted by atomic mass is 16.3. The van der Waals surface area contributed by atoms with Crippen molar-refractivity contribution in [3.63, 3.8) is 0 Å². The van der Waals surface area contributed by atoms with Gasteiger partial charge in [-0.05, 0) is 12.1 Å². The van der Waals surface area contributed by atoms with E-state index in [4.69, 9.17) is 15.4 Å². The zero-order valence-electron chi connectivity index (χ0n) is 7.18. The minimum Gasteiger partial charge on any atom is -0.467 e. The first-order valence-corrected chi connectivity index (χ1v) is 4.24. The summed E-state index contributed by atoms with van der Waals surface area (Å²) in [6.07, 6.45) is 1.58. The highest BCUT2D eigenvalue weighted by Crippen LogP contribution is 2.24. The Bertz CT molecular complexity index is 308. The van der Waals surface area contributed by atoms with Crippen molar-refractivity contribution in [3.05, 3.63) is 24.2 Å². The molecule has 2 heterocycles. The van der Waals surface area contributed by atoms with Crippen LogP contribution in [0.25, 0.3) is 0 Å². The van der Waals surface area contributed by atoms with Gasteiger partial charge in [0.25, 0.3) is 0 Å². The van der Waals surface area contributed by atoms with Crippen LogP contribution in [0.15, 0.2) is 22.8 Å². The SMILES string of the molecule is N#CC(c1ccco1)N1CC(N)C1. The molecule has 0 saturated carbocycles. The van der Waals surface area contributed by atoms with E-state index in [0.29, 0.717) is 5.76 Å². The molecule has 2 rings (SSSR count). The number of rotatable bonds is 2. The van der Waals surface area contributed by atoms with Gasteiger partial charge in [0, 0.05) is 19.1 Å². The Morgan fingerprint density at radius 3 is 2.92 bits per heavy atom. The van der Waals surface area contributed by atoms with Crippen LogP contribution in [0.4, 0.5) is 0 Å². The van der Waals surface area contributed by atoms with Gasteiger partial charge in [0.2, 0.25) is 0 Å². The molecule has 1 atom stereocenters. The standard InChI is InChI=1S/C9H11N3O/c10-4-8(9-2-1-3-13-9)12-5-7(11)6-12/h1-3,7-8H,5-6,11H2. The van der Waals surface area contributed by atoms with E-state index in [-0.39, 0.29) is 12.1 Å². The minimum absolute atomic E-state index is 0.214. The number of hydrogen-bond acceptors (Lipinski definition) is 4. The van der Waals surface area contributed by atoms with Gasteiger partial charge in [0.05, 0.1) is 12.3 Å². The van der Waals surface area contributed by atoms with Crippen molar-refractivity contribution in [2.45, 2.75) is 12.1 Å². The van der Waals surface area contributed by atoms with E-state index >= 15 is 0 Å². The summed E-state index contributed by atoms with van der Waals surface area (Å²) in [5.41, 5.74) is 5.63. The monoisotopic (exact) mass is 177 g/mol. The van der Waals surface area contributed by atoms with E-state index in [9.17, 15) is 0 Å². The Morgan fingerprint density at radius 2 is 2.46 bits per heavy atom. The highest BCUT2D eigenvalue weighted by molar-refractivity contribution is 5.14. The van der Waals surface area contributed by atoms with Crippen molar-refractivity contribution in [1.29, 1.82) is 5.26 Å². The van der Waals surface area contributed by atoms with Gasteiger partial charge < -0.3 is 10.2 Å². The summed E-state index contributed by atoms with van der Waals surface area (Å²) in [6.45, 7) is 1.55. The zero-order chi connectivity index (χ0) is 9.26. The molecule has 2 N–H and O–H groups in total. The van der Waals surface area contributed by atoms with Crippen molar-refractivity contribution in [2.24, 2.45) is 5.73 Å². The van der Waals surface area contributed by atoms with Gasteiger partial charge in [-0.1, -0.05) is 0 Å². The molecule has 1 aromatic rings. The summed E-state index contributed by atoms with van der Waals surface area (Å²) < 4.78 is 5.17. The van der Waals surface area contributed by atoms with E-state index in [1.54, 1.807) is 12.3 Å². The molecule has 0 bridgehead atoms. The molecule has 4 nitrogen and oxygen atoms in total. The van der Waals surface area contributed by atoms with Crippen molar-refractivity contribution in [2.75, 3.05) is 13.1 Å². The maximum absolute atomic E-state index is 8.93. The maximum Gasteiger partial charge on any atom is 0.156 e. The summed E-state index contributed by atoms with van der Waals surface area (Å²) in [5, 5.41) is 8.93. The first kappa shape index (κ1) is 8.30. The molecule has 0 spiro atoms. The molecule has 1 aliphatic heterocycles. The Kier molecular flexibility index (Phi) is 2.05. The summed E-state index contributed by atoms with van der Waals surface area (Å²) in [6, 6.07) is 5.76. The third kappa shape index (κ3) is 1.44. The van der Waals surface area contributed by atoms with Crippen molar-refractivity contribution in [1.82, 2.24) is 4.90 Å². The third-order valence-electron chi connectivity index (χ3n) is 2.24. The second-order valence-corrected chi connectivity index (χ2v) is 3.26. The Morgan fingerprint density at radius 1 is 1.69 bits per heavy atom. The fourth-order valence-corrected chi connectivity index (χ4v) is 1.53. The summed E-state index contributed by atoms with van der Waals surface area (Å²) in [7, 11) is 0. The molecule has 13 heavy (non-hydrogen) atoms. The van der Waals surface area contributed by atoms with Gasteiger partial charge in [0.15, 0.2) is 6.04 Å². The molecule has 0 aromatic carbocycles. The van der Waals surface area contributed by atoms with Crippen LogP contribution in [0.2, 0.25) is 0 Å². The number of nitriles is 1. The fraction of sp³-hybridized carbons (Fsp3) is 0.444. The van der Waals surface area contributed by atoms with Gasteiger partial charge in [-0.15, -0.1) is 0 Å². The molecule has 1 aromatic heterocycles. The van der Waals surface area contributed by atoms with Gasteiger partial charge in [-0.25, -0.2) is 0 Å². The minimum atomic E-state index is -0.269. The van der Waals surface area contributed by atoms with E-state index in [1.165, 1.54) is 0 Å². The number of furan rings is 1. The molecule has 0 radical (unpaired) electrons. The molecular weight excluding hydrogens is 166 g/mol. The normalized spacial score (nSPS) is 20.6. The topological polar surface area (TPSA) is 66.2 Å². The molecule has 68 valence electrons. The Balaban J connectivity index is 2.08. The lowest BCUT2D eigenvalue weighted by Crippen LogP contribution is -2.56. The molecule has 0 amide bonds. The fourth-order valence-electron chi connectivity index (χ4n) is 1.53. The zero-order valence-corrected chi connectivity index (χ0v) is 7.18. The van der Waals surface area contributed by atoms with E-state index in [0.717, 1.165) is 13.1 Å². The number of hydrogen-bond donors (Lipinski definition) is 1. The molecule has 0 aliphatic carbocycles. The van der Waals surface area contributed by atoms with Crippen LogP contribution in [0.3, 0.4) is 0 Å². The second-order valence-electron chi connectivity index (χ2n) is 3.26. The van der Waals surface area contributed by atoms with Crippen LogP contribution < -0.4 is 5.73 Å². The van der Waals surface area contributed by atoms with E-state index in [2.05, 4.69) is 6.07 Å². The Hall–Kier alpha value is -1.31.